The van der Waals surface area contributed by atoms with Crippen LogP contribution >= 0.6 is 0 Å². The molecule has 0 spiro atoms. The van der Waals surface area contributed by atoms with E-state index >= 15 is 0 Å². The molecule has 10 nitrogen and oxygen atoms in total. The van der Waals surface area contributed by atoms with Crippen molar-refractivity contribution in [1.29, 1.82) is 0 Å². The molecule has 1 unspecified atom stereocenters. The van der Waals surface area contributed by atoms with Gasteiger partial charge in [-0.25, -0.2) is 4.79 Å². The number of aryl methyl sites for hydroxylation is 1. The van der Waals surface area contributed by atoms with Gasteiger partial charge in [-0.15, -0.1) is 0 Å². The van der Waals surface area contributed by atoms with Crippen LogP contribution in [0.2, 0.25) is 0 Å². The molecule has 3 heterocycles. The number of anilines is 1. The SMILES string of the molecule is CNC(=O)CCC(C=O)n1c(=O)n(C)c2cc(N3CCC(CN4CCN(C5CC(N)C5)CC4)CC3)ccc21. The Kier molecular flexibility index (Phi) is 8.20. The van der Waals surface area contributed by atoms with E-state index < -0.39 is 6.04 Å². The molecule has 38 heavy (non-hydrogen) atoms. The number of amides is 1. The van der Waals surface area contributed by atoms with Gasteiger partial charge in [0.25, 0.3) is 0 Å². The number of hydrogen-bond acceptors (Lipinski definition) is 7. The van der Waals surface area contributed by atoms with Gasteiger partial charge in [-0.2, -0.15) is 0 Å². The van der Waals surface area contributed by atoms with Crippen LogP contribution in [0.15, 0.2) is 23.0 Å². The quantitative estimate of drug-likeness (QED) is 0.469. The van der Waals surface area contributed by atoms with Crippen molar-refractivity contribution in [2.75, 3.05) is 57.8 Å². The van der Waals surface area contributed by atoms with Gasteiger partial charge in [0.2, 0.25) is 5.91 Å². The molecule has 3 N–H and O–H groups in total. The highest BCUT2D eigenvalue weighted by atomic mass is 16.2. The number of carbonyl (C=O) groups excluding carboxylic acids is 2. The lowest BCUT2D eigenvalue weighted by Crippen LogP contribution is -2.57. The zero-order valence-corrected chi connectivity index (χ0v) is 22.8. The highest BCUT2D eigenvalue weighted by molar-refractivity contribution is 5.82. The summed E-state index contributed by atoms with van der Waals surface area (Å²) in [7, 11) is 3.32. The lowest BCUT2D eigenvalue weighted by atomic mass is 9.86. The second-order valence-corrected chi connectivity index (χ2v) is 11.5. The number of imidazole rings is 1. The van der Waals surface area contributed by atoms with Crippen LogP contribution in [0.3, 0.4) is 0 Å². The molecule has 0 radical (unpaired) electrons. The second kappa shape index (κ2) is 11.6. The summed E-state index contributed by atoms with van der Waals surface area (Å²) in [4.78, 5) is 44.3. The van der Waals surface area contributed by atoms with E-state index in [0.717, 1.165) is 48.1 Å². The van der Waals surface area contributed by atoms with Gasteiger partial charge >= 0.3 is 5.69 Å². The van der Waals surface area contributed by atoms with Crippen molar-refractivity contribution < 1.29 is 9.59 Å². The fraction of sp³-hybridized carbons (Fsp3) is 0.679. The third-order valence-electron chi connectivity index (χ3n) is 9.08. The van der Waals surface area contributed by atoms with E-state index in [0.29, 0.717) is 12.5 Å². The number of aromatic nitrogens is 2. The number of piperidine rings is 1. The molecule has 0 bridgehead atoms. The van der Waals surface area contributed by atoms with E-state index in [4.69, 9.17) is 5.73 Å². The van der Waals surface area contributed by atoms with Crippen LogP contribution in [0.4, 0.5) is 5.69 Å². The lowest BCUT2D eigenvalue weighted by Gasteiger charge is -2.46. The first-order chi connectivity index (χ1) is 18.4. The number of nitrogens with one attached hydrogen (secondary N) is 1. The van der Waals surface area contributed by atoms with Crippen molar-refractivity contribution in [1.82, 2.24) is 24.3 Å². The summed E-state index contributed by atoms with van der Waals surface area (Å²) < 4.78 is 3.14. The van der Waals surface area contributed by atoms with Crippen LogP contribution in [-0.4, -0.2) is 96.1 Å². The molecule has 1 atom stereocenters. The van der Waals surface area contributed by atoms with Crippen molar-refractivity contribution in [3.8, 4) is 0 Å². The molecule has 2 saturated heterocycles. The Morgan fingerprint density at radius 3 is 2.45 bits per heavy atom. The van der Waals surface area contributed by atoms with Crippen LogP contribution in [0.25, 0.3) is 11.0 Å². The van der Waals surface area contributed by atoms with Gasteiger partial charge in [0.15, 0.2) is 0 Å². The molecular formula is C28H43N7O3. The first-order valence-electron chi connectivity index (χ1n) is 14.2. The molecular weight excluding hydrogens is 482 g/mol. The van der Waals surface area contributed by atoms with E-state index in [1.807, 2.05) is 6.07 Å². The summed E-state index contributed by atoms with van der Waals surface area (Å²) in [6.07, 6.45) is 5.93. The first-order valence-corrected chi connectivity index (χ1v) is 14.2. The van der Waals surface area contributed by atoms with E-state index in [-0.39, 0.29) is 18.0 Å². The van der Waals surface area contributed by atoms with Crippen molar-refractivity contribution in [2.24, 2.45) is 18.7 Å². The molecule has 208 valence electrons. The summed E-state index contributed by atoms with van der Waals surface area (Å²) >= 11 is 0. The lowest BCUT2D eigenvalue weighted by molar-refractivity contribution is -0.121. The highest BCUT2D eigenvalue weighted by Gasteiger charge is 2.33. The van der Waals surface area contributed by atoms with Crippen molar-refractivity contribution in [3.63, 3.8) is 0 Å². The highest BCUT2D eigenvalue weighted by Crippen LogP contribution is 2.29. The molecule has 1 aromatic carbocycles. The molecule has 1 aromatic heterocycles. The summed E-state index contributed by atoms with van der Waals surface area (Å²) in [5, 5.41) is 2.57. The molecule has 5 rings (SSSR count). The standard InChI is InChI=1S/C28H43N7O3/c1-30-27(37)6-4-23(19-36)35-25-5-3-22(17-26(25)31(2)28(35)38)33-9-7-20(8-10-33)18-32-11-13-34(14-12-32)24-15-21(29)16-24/h3,5,17,19-21,23-24H,4,6-16,18,29H2,1-2H3,(H,30,37). The van der Waals surface area contributed by atoms with Gasteiger partial charge in [0.1, 0.15) is 6.29 Å². The van der Waals surface area contributed by atoms with Crippen molar-refractivity contribution in [3.05, 3.63) is 28.7 Å². The van der Waals surface area contributed by atoms with E-state index in [2.05, 4.69) is 32.1 Å². The van der Waals surface area contributed by atoms with Gasteiger partial charge in [-0.3, -0.25) is 18.8 Å². The van der Waals surface area contributed by atoms with Crippen LogP contribution < -0.4 is 21.6 Å². The van der Waals surface area contributed by atoms with Gasteiger partial charge in [-0.1, -0.05) is 0 Å². The number of nitrogens with zero attached hydrogens (tertiary/aromatic N) is 5. The third-order valence-corrected chi connectivity index (χ3v) is 9.08. The third kappa shape index (κ3) is 5.53. The van der Waals surface area contributed by atoms with Crippen LogP contribution in [0, 0.1) is 5.92 Å². The van der Waals surface area contributed by atoms with E-state index in [1.165, 1.54) is 63.0 Å². The maximum atomic E-state index is 13.1. The Hall–Kier alpha value is -2.69. The number of carbonyl (C=O) groups is 2. The smallest absolute Gasteiger partial charge is 0.329 e. The topological polar surface area (TPSA) is 109 Å². The van der Waals surface area contributed by atoms with Crippen molar-refractivity contribution in [2.45, 2.75) is 56.7 Å². The second-order valence-electron chi connectivity index (χ2n) is 11.5. The van der Waals surface area contributed by atoms with Crippen LogP contribution in [0.1, 0.15) is 44.6 Å². The minimum Gasteiger partial charge on any atom is -0.371 e. The summed E-state index contributed by atoms with van der Waals surface area (Å²) in [5.41, 5.74) is 8.41. The molecule has 10 heteroatoms. The maximum Gasteiger partial charge on any atom is 0.329 e. The largest absolute Gasteiger partial charge is 0.371 e. The molecule has 2 aromatic rings. The van der Waals surface area contributed by atoms with Crippen molar-refractivity contribution >= 4 is 28.9 Å². The summed E-state index contributed by atoms with van der Waals surface area (Å²) in [6.45, 7) is 7.88. The molecule has 3 aliphatic rings. The normalized spacial score (nSPS) is 24.3. The van der Waals surface area contributed by atoms with Gasteiger partial charge in [-0.05, 0) is 56.2 Å². The predicted octanol–water partition coefficient (Wildman–Crippen LogP) is 0.930. The summed E-state index contributed by atoms with van der Waals surface area (Å²) in [5.74, 6) is 0.578. The van der Waals surface area contributed by atoms with Gasteiger partial charge in [0, 0.05) is 84.1 Å². The number of rotatable bonds is 9. The number of piperazine rings is 1. The Balaban J connectivity index is 1.18. The van der Waals surface area contributed by atoms with Gasteiger partial charge in [0.05, 0.1) is 17.1 Å². The van der Waals surface area contributed by atoms with Crippen LogP contribution in [-0.2, 0) is 16.6 Å². The van der Waals surface area contributed by atoms with E-state index in [1.54, 1.807) is 18.7 Å². The number of fused-ring (bicyclic) bond motifs is 1. The first kappa shape index (κ1) is 26.9. The average molecular weight is 526 g/mol. The van der Waals surface area contributed by atoms with Gasteiger partial charge < -0.3 is 25.6 Å². The molecule has 1 saturated carbocycles. The zero-order valence-electron chi connectivity index (χ0n) is 22.8. The monoisotopic (exact) mass is 525 g/mol. The Labute approximate surface area is 224 Å². The minimum atomic E-state index is -0.668. The average Bonchev–Trinajstić information content (AvgIpc) is 3.17. The molecule has 3 fully saturated rings. The van der Waals surface area contributed by atoms with E-state index in [9.17, 15) is 14.4 Å². The fourth-order valence-electron chi connectivity index (χ4n) is 6.51. The number of nitrogens with two attached hydrogens (primary N) is 1. The number of benzene rings is 1. The predicted molar refractivity (Wildman–Crippen MR) is 150 cm³/mol. The molecule has 2 aliphatic heterocycles. The van der Waals surface area contributed by atoms with Crippen LogP contribution in [0.5, 0.6) is 0 Å². The number of aldehydes is 1. The Morgan fingerprint density at radius 2 is 1.82 bits per heavy atom. The zero-order chi connectivity index (χ0) is 26.8. The Morgan fingerprint density at radius 1 is 1.11 bits per heavy atom. The fourth-order valence-corrected chi connectivity index (χ4v) is 6.51. The number of hydrogen-bond donors (Lipinski definition) is 2. The minimum absolute atomic E-state index is 0.142. The molecule has 1 aliphatic carbocycles. The summed E-state index contributed by atoms with van der Waals surface area (Å²) in [6, 6.07) is 6.55. The maximum absolute atomic E-state index is 13.1. The Bertz CT molecular complexity index is 1190. The molecule has 1 amide bonds.